The Kier molecular flexibility index (Phi) is 34.9. The average molecular weight is 951 g/mol. The maximum atomic E-state index is 12.7. The molecule has 2 aromatic carbocycles. The quantitative estimate of drug-likeness (QED) is 0.0165. The number of benzene rings is 2. The van der Waals surface area contributed by atoms with Gasteiger partial charge in [0, 0.05) is 12.8 Å². The lowest BCUT2D eigenvalue weighted by Crippen LogP contribution is -2.08. The number of methoxy groups -OCH3 is 2. The highest BCUT2D eigenvalue weighted by atomic mass is 16.6. The molecule has 0 fully saturated rings. The number of hydrogen-bond donors (Lipinski definition) is 0. The van der Waals surface area contributed by atoms with Crippen LogP contribution in [0.3, 0.4) is 0 Å². The van der Waals surface area contributed by atoms with Crippen LogP contribution in [-0.4, -0.2) is 37.7 Å². The molecule has 0 aliphatic rings. The van der Waals surface area contributed by atoms with Crippen LogP contribution in [0, 0.1) is 0 Å². The Labute approximate surface area is 420 Å². The number of allylic oxidation sites excluding steroid dienone is 22. The normalized spacial score (nSPS) is 12.6. The number of ketones is 2. The van der Waals surface area contributed by atoms with Crippen LogP contribution in [0.15, 0.2) is 170 Å². The summed E-state index contributed by atoms with van der Waals surface area (Å²) >= 11 is 0. The van der Waals surface area contributed by atoms with Gasteiger partial charge in [-0.1, -0.05) is 160 Å². The number of rotatable bonds is 37. The fourth-order valence-electron chi connectivity index (χ4n) is 6.39. The van der Waals surface area contributed by atoms with Crippen molar-refractivity contribution in [3.63, 3.8) is 0 Å². The lowest BCUT2D eigenvalue weighted by molar-refractivity contribution is -0.135. The Morgan fingerprint density at radius 1 is 0.400 bits per heavy atom. The van der Waals surface area contributed by atoms with Gasteiger partial charge in [0.25, 0.3) is 0 Å². The van der Waals surface area contributed by atoms with Crippen LogP contribution in [-0.2, 0) is 19.2 Å². The molecule has 0 amide bonds. The number of unbranched alkanes of at least 4 members (excludes halogenated alkanes) is 3. The van der Waals surface area contributed by atoms with Gasteiger partial charge in [0.15, 0.2) is 34.6 Å². The van der Waals surface area contributed by atoms with Crippen LogP contribution in [0.25, 0.3) is 12.2 Å². The highest BCUT2D eigenvalue weighted by Crippen LogP contribution is 2.30. The molecule has 0 N–H and O–H groups in total. The molecule has 0 radical (unpaired) electrons. The summed E-state index contributed by atoms with van der Waals surface area (Å²) in [6, 6.07) is 9.98. The topological polar surface area (TPSA) is 105 Å². The van der Waals surface area contributed by atoms with E-state index in [1.165, 1.54) is 26.4 Å². The summed E-state index contributed by atoms with van der Waals surface area (Å²) < 4.78 is 22.0. The summed E-state index contributed by atoms with van der Waals surface area (Å²) in [5, 5.41) is 0. The van der Waals surface area contributed by atoms with Gasteiger partial charge in [0.1, 0.15) is 0 Å². The van der Waals surface area contributed by atoms with E-state index in [-0.39, 0.29) is 48.5 Å². The van der Waals surface area contributed by atoms with Gasteiger partial charge in [-0.3, -0.25) is 19.2 Å². The number of ether oxygens (including phenoxy) is 4. The van der Waals surface area contributed by atoms with Crippen LogP contribution in [0.1, 0.15) is 141 Å². The van der Waals surface area contributed by atoms with E-state index in [4.69, 9.17) is 18.9 Å². The molecular formula is C62H78O8. The highest BCUT2D eigenvalue weighted by Gasteiger charge is 2.13. The summed E-state index contributed by atoms with van der Waals surface area (Å²) in [5.74, 6) is -0.168. The molecule has 374 valence electrons. The molecular weight excluding hydrogens is 873 g/mol. The van der Waals surface area contributed by atoms with Crippen molar-refractivity contribution in [3.05, 3.63) is 181 Å². The lowest BCUT2D eigenvalue weighted by Gasteiger charge is -2.10. The first kappa shape index (κ1) is 59.3. The molecule has 0 aliphatic carbocycles. The number of esters is 2. The molecule has 0 spiro atoms. The van der Waals surface area contributed by atoms with Crippen LogP contribution >= 0.6 is 0 Å². The van der Waals surface area contributed by atoms with E-state index >= 15 is 0 Å². The summed E-state index contributed by atoms with van der Waals surface area (Å²) in [4.78, 5) is 50.4. The van der Waals surface area contributed by atoms with Crippen molar-refractivity contribution in [2.75, 3.05) is 14.2 Å². The minimum atomic E-state index is -0.380. The molecule has 0 saturated carbocycles. The predicted molar refractivity (Wildman–Crippen MR) is 291 cm³/mol. The van der Waals surface area contributed by atoms with Gasteiger partial charge in [-0.2, -0.15) is 0 Å². The first-order valence-corrected chi connectivity index (χ1v) is 25.0. The van der Waals surface area contributed by atoms with Crippen LogP contribution < -0.4 is 18.9 Å². The molecule has 8 nitrogen and oxygen atoms in total. The zero-order valence-electron chi connectivity index (χ0n) is 42.3. The Balaban J connectivity index is 1.68. The Hall–Kier alpha value is -6.80. The van der Waals surface area contributed by atoms with Gasteiger partial charge in [-0.15, -0.1) is 0 Å². The van der Waals surface area contributed by atoms with E-state index in [1.807, 2.05) is 0 Å². The molecule has 2 aromatic rings. The monoisotopic (exact) mass is 951 g/mol. The molecule has 0 unspecified atom stereocenters. The van der Waals surface area contributed by atoms with E-state index in [0.29, 0.717) is 41.2 Å². The Bertz CT molecular complexity index is 2200. The highest BCUT2D eigenvalue weighted by molar-refractivity contribution is 6.10. The SMILES string of the molecule is CC/C=C\C/C=C\C/C=C\C/C=C\C/C=C\CCCCC(=O)Oc1ccc(/C=C/C(=O)CC(=O)/C=C/c2ccc(OC(=O)CCC/C=C\C/C=C\C/C=C\C/C=C\C/C=C\CC)c(OC)c2)cc1OC. The van der Waals surface area contributed by atoms with E-state index in [9.17, 15) is 19.2 Å². The third kappa shape index (κ3) is 31.3. The van der Waals surface area contributed by atoms with Gasteiger partial charge in [-0.05, 0) is 144 Å². The second-order valence-electron chi connectivity index (χ2n) is 16.1. The van der Waals surface area contributed by atoms with E-state index in [2.05, 4.69) is 135 Å². The standard InChI is InChI=1S/C62H78O8/c1-5-7-9-11-13-15-17-19-21-23-25-27-29-31-33-35-37-39-41-62(66)70-58-49-45-54(51-60(58)68-4)43-47-56(64)52-55(63)46-42-53-44-48-57(59(50-53)67-3)69-61(65)40-38-36-34-32-30-28-26-24-22-20-18-16-14-12-10-8-6-2/h7-10,13-16,19-22,25-28,31-34,42-51H,5-6,11-12,17-18,23-24,29-30,35-41,52H2,1-4H3/b9-7-,10-8-,15-13-,16-14-,21-19-,22-20-,27-25-,28-26-,33-31-,34-32-,46-42+,47-43+. The average Bonchev–Trinajstić information content (AvgIpc) is 3.36. The fraction of sp³-hybridized carbons (Fsp3) is 0.355. The molecule has 0 saturated heterocycles. The van der Waals surface area contributed by atoms with Crippen LogP contribution in [0.4, 0.5) is 0 Å². The molecule has 0 heterocycles. The fourth-order valence-corrected chi connectivity index (χ4v) is 6.39. The molecule has 0 bridgehead atoms. The molecule has 8 heteroatoms. The van der Waals surface area contributed by atoms with Crippen molar-refractivity contribution < 1.29 is 38.1 Å². The molecule has 2 rings (SSSR count). The summed E-state index contributed by atoms with van der Waals surface area (Å²) in [6.45, 7) is 4.28. The molecule has 70 heavy (non-hydrogen) atoms. The van der Waals surface area contributed by atoms with Gasteiger partial charge in [0.2, 0.25) is 0 Å². The third-order valence-corrected chi connectivity index (χ3v) is 10.2. The third-order valence-electron chi connectivity index (χ3n) is 10.2. The summed E-state index contributed by atoms with van der Waals surface area (Å²) in [6.07, 6.45) is 62.9. The zero-order chi connectivity index (χ0) is 50.5. The first-order valence-electron chi connectivity index (χ1n) is 25.0. The minimum Gasteiger partial charge on any atom is -0.493 e. The second kappa shape index (κ2) is 41.2. The van der Waals surface area contributed by atoms with Gasteiger partial charge in [0.05, 0.1) is 20.6 Å². The molecule has 0 aliphatic heterocycles. The maximum absolute atomic E-state index is 12.7. The number of carbonyl (C=O) groups is 4. The van der Waals surface area contributed by atoms with Crippen molar-refractivity contribution in [2.45, 2.75) is 129 Å². The van der Waals surface area contributed by atoms with Crippen LogP contribution in [0.5, 0.6) is 23.0 Å². The Morgan fingerprint density at radius 3 is 1.09 bits per heavy atom. The van der Waals surface area contributed by atoms with Crippen molar-refractivity contribution >= 4 is 35.7 Å². The van der Waals surface area contributed by atoms with E-state index in [0.717, 1.165) is 83.5 Å². The van der Waals surface area contributed by atoms with Crippen molar-refractivity contribution in [2.24, 2.45) is 0 Å². The molecule has 0 atom stereocenters. The van der Waals surface area contributed by atoms with Gasteiger partial charge in [-0.25, -0.2) is 0 Å². The largest absolute Gasteiger partial charge is 0.493 e. The zero-order valence-corrected chi connectivity index (χ0v) is 42.3. The van der Waals surface area contributed by atoms with Crippen LogP contribution in [0.2, 0.25) is 0 Å². The summed E-state index contributed by atoms with van der Waals surface area (Å²) in [7, 11) is 2.96. The maximum Gasteiger partial charge on any atom is 0.311 e. The lowest BCUT2D eigenvalue weighted by atomic mass is 10.1. The molecule has 0 aromatic heterocycles. The predicted octanol–water partition coefficient (Wildman–Crippen LogP) is 16.0. The smallest absolute Gasteiger partial charge is 0.311 e. The second-order valence-corrected chi connectivity index (χ2v) is 16.1. The van der Waals surface area contributed by atoms with Crippen molar-refractivity contribution in [1.29, 1.82) is 0 Å². The van der Waals surface area contributed by atoms with E-state index < -0.39 is 0 Å². The van der Waals surface area contributed by atoms with Crippen molar-refractivity contribution in [3.8, 4) is 23.0 Å². The van der Waals surface area contributed by atoms with Crippen molar-refractivity contribution in [1.82, 2.24) is 0 Å². The van der Waals surface area contributed by atoms with E-state index in [1.54, 1.807) is 48.6 Å². The number of carbonyl (C=O) groups excluding carboxylic acids is 4. The number of hydrogen-bond acceptors (Lipinski definition) is 8. The Morgan fingerprint density at radius 2 is 0.729 bits per heavy atom. The first-order chi connectivity index (χ1) is 34.3. The minimum absolute atomic E-state index is 0.263. The van der Waals surface area contributed by atoms with Gasteiger partial charge < -0.3 is 18.9 Å². The van der Waals surface area contributed by atoms with Gasteiger partial charge >= 0.3 is 11.9 Å². The summed E-state index contributed by atoms with van der Waals surface area (Å²) in [5.41, 5.74) is 1.28.